The summed E-state index contributed by atoms with van der Waals surface area (Å²) in [5, 5.41) is 1.46. The second-order valence-corrected chi connectivity index (χ2v) is 8.07. The van der Waals surface area contributed by atoms with E-state index in [1.807, 2.05) is 0 Å². The first-order valence-electron chi connectivity index (χ1n) is 10.1. The molecule has 3 aromatic rings. The normalized spacial score (nSPS) is 14.6. The molecule has 1 saturated heterocycles. The monoisotopic (exact) mass is 361 g/mol. The molecular weight excluding hydrogens is 330 g/mol. The van der Waals surface area contributed by atoms with E-state index in [-0.39, 0.29) is 0 Å². The Morgan fingerprint density at radius 1 is 0.926 bits per heavy atom. The molecule has 0 unspecified atom stereocenters. The lowest BCUT2D eigenvalue weighted by atomic mass is 10.0. The third kappa shape index (κ3) is 2.80. The highest BCUT2D eigenvalue weighted by molar-refractivity contribution is 6.00. The minimum absolute atomic E-state index is 0.957. The van der Waals surface area contributed by atoms with Crippen LogP contribution in [-0.4, -0.2) is 24.3 Å². The van der Waals surface area contributed by atoms with Crippen LogP contribution in [0.1, 0.15) is 34.9 Å². The number of benzene rings is 2. The molecule has 1 aromatic heterocycles. The predicted octanol–water partition coefficient (Wildman–Crippen LogP) is 5.26. The number of hydrogen-bond acceptors (Lipinski definition) is 2. The van der Waals surface area contributed by atoms with Crippen LogP contribution in [0.2, 0.25) is 0 Å². The fourth-order valence-corrected chi connectivity index (χ4v) is 5.00. The SMILES string of the molecule is CCc1c(C)c2c(N3CCN(c4cccc(C)c4)C3)c(C)cc(C)c2n1C. The topological polar surface area (TPSA) is 11.4 Å². The Labute approximate surface area is 163 Å². The molecule has 0 amide bonds. The number of nitrogens with zero attached hydrogens (tertiary/aromatic N) is 3. The Balaban J connectivity index is 1.81. The molecule has 4 rings (SSSR count). The number of anilines is 2. The number of aromatic nitrogens is 1. The first kappa shape index (κ1) is 18.0. The van der Waals surface area contributed by atoms with Crippen LogP contribution < -0.4 is 9.80 Å². The van der Waals surface area contributed by atoms with Crippen molar-refractivity contribution in [3.05, 3.63) is 58.3 Å². The predicted molar refractivity (Wildman–Crippen MR) is 117 cm³/mol. The van der Waals surface area contributed by atoms with E-state index in [2.05, 4.69) is 86.4 Å². The molecule has 0 spiro atoms. The third-order valence-electron chi connectivity index (χ3n) is 6.20. The molecule has 0 saturated carbocycles. The summed E-state index contributed by atoms with van der Waals surface area (Å²) >= 11 is 0. The molecule has 0 bridgehead atoms. The molecule has 0 atom stereocenters. The Hall–Kier alpha value is -2.42. The Morgan fingerprint density at radius 2 is 1.67 bits per heavy atom. The number of fused-ring (bicyclic) bond motifs is 1. The van der Waals surface area contributed by atoms with Crippen LogP contribution in [0.4, 0.5) is 11.4 Å². The molecular formula is C24H31N3. The van der Waals surface area contributed by atoms with Crippen molar-refractivity contribution in [2.75, 3.05) is 29.6 Å². The summed E-state index contributed by atoms with van der Waals surface area (Å²) in [6.45, 7) is 14.4. The van der Waals surface area contributed by atoms with Crippen molar-refractivity contribution >= 4 is 22.3 Å². The molecule has 1 fully saturated rings. The van der Waals surface area contributed by atoms with Gasteiger partial charge in [-0.25, -0.2) is 0 Å². The lowest BCUT2D eigenvalue weighted by Crippen LogP contribution is -2.25. The first-order valence-corrected chi connectivity index (χ1v) is 10.1. The molecule has 1 aliphatic rings. The average molecular weight is 362 g/mol. The molecule has 0 radical (unpaired) electrons. The van der Waals surface area contributed by atoms with E-state index in [1.165, 1.54) is 50.2 Å². The summed E-state index contributed by atoms with van der Waals surface area (Å²) in [7, 11) is 2.23. The zero-order valence-corrected chi connectivity index (χ0v) is 17.6. The van der Waals surface area contributed by atoms with Crippen LogP contribution in [0.3, 0.4) is 0 Å². The molecule has 2 aromatic carbocycles. The van der Waals surface area contributed by atoms with Crippen molar-refractivity contribution in [2.24, 2.45) is 7.05 Å². The third-order valence-corrected chi connectivity index (χ3v) is 6.20. The maximum atomic E-state index is 2.58. The second kappa shape index (κ2) is 6.63. The fourth-order valence-electron chi connectivity index (χ4n) is 5.00. The van der Waals surface area contributed by atoms with Gasteiger partial charge < -0.3 is 14.4 Å². The Bertz CT molecular complexity index is 1010. The zero-order valence-electron chi connectivity index (χ0n) is 17.6. The largest absolute Gasteiger partial charge is 0.352 e. The van der Waals surface area contributed by atoms with E-state index in [0.29, 0.717) is 0 Å². The molecule has 0 N–H and O–H groups in total. The van der Waals surface area contributed by atoms with E-state index >= 15 is 0 Å². The van der Waals surface area contributed by atoms with E-state index in [0.717, 1.165) is 26.2 Å². The van der Waals surface area contributed by atoms with Crippen LogP contribution in [0, 0.1) is 27.7 Å². The number of aryl methyl sites for hydroxylation is 5. The minimum atomic E-state index is 0.957. The molecule has 3 nitrogen and oxygen atoms in total. The Morgan fingerprint density at radius 3 is 2.37 bits per heavy atom. The highest BCUT2D eigenvalue weighted by Crippen LogP contribution is 2.39. The lowest BCUT2D eigenvalue weighted by Gasteiger charge is -2.25. The highest BCUT2D eigenvalue weighted by atomic mass is 15.4. The van der Waals surface area contributed by atoms with Gasteiger partial charge >= 0.3 is 0 Å². The van der Waals surface area contributed by atoms with Gasteiger partial charge in [0, 0.05) is 36.9 Å². The maximum Gasteiger partial charge on any atom is 0.0904 e. The summed E-state index contributed by atoms with van der Waals surface area (Å²) in [6, 6.07) is 11.2. The second-order valence-electron chi connectivity index (χ2n) is 8.07. The van der Waals surface area contributed by atoms with Gasteiger partial charge in [0.25, 0.3) is 0 Å². The van der Waals surface area contributed by atoms with Gasteiger partial charge in [-0.05, 0) is 68.5 Å². The van der Waals surface area contributed by atoms with Crippen molar-refractivity contribution in [1.29, 1.82) is 0 Å². The fraction of sp³-hybridized carbons (Fsp3) is 0.417. The van der Waals surface area contributed by atoms with Gasteiger partial charge in [-0.2, -0.15) is 0 Å². The summed E-state index contributed by atoms with van der Waals surface area (Å²) < 4.78 is 2.41. The van der Waals surface area contributed by atoms with Crippen LogP contribution in [-0.2, 0) is 13.5 Å². The average Bonchev–Trinajstić information content (AvgIpc) is 3.19. The van der Waals surface area contributed by atoms with E-state index in [9.17, 15) is 0 Å². The van der Waals surface area contributed by atoms with Gasteiger partial charge in [0.2, 0.25) is 0 Å². The summed E-state index contributed by atoms with van der Waals surface area (Å²) in [4.78, 5) is 5.07. The van der Waals surface area contributed by atoms with Crippen LogP contribution >= 0.6 is 0 Å². The Kier molecular flexibility index (Phi) is 4.41. The van der Waals surface area contributed by atoms with Crippen LogP contribution in [0.5, 0.6) is 0 Å². The van der Waals surface area contributed by atoms with Crippen molar-refractivity contribution in [3.63, 3.8) is 0 Å². The standard InChI is InChI=1S/C24H31N3/c1-7-21-19(5)22-23(25(21)6)17(3)14-18(4)24(22)27-12-11-26(15-27)20-10-8-9-16(2)13-20/h8-10,13-14H,7,11-12,15H2,1-6H3. The van der Waals surface area contributed by atoms with Gasteiger partial charge in [0.15, 0.2) is 0 Å². The van der Waals surface area contributed by atoms with Gasteiger partial charge in [0.05, 0.1) is 17.9 Å². The van der Waals surface area contributed by atoms with Gasteiger partial charge in [0.1, 0.15) is 0 Å². The quantitative estimate of drug-likeness (QED) is 0.630. The van der Waals surface area contributed by atoms with Gasteiger partial charge in [-0.1, -0.05) is 25.1 Å². The molecule has 0 aliphatic carbocycles. The number of rotatable bonds is 3. The molecule has 2 heterocycles. The first-order chi connectivity index (χ1) is 12.9. The maximum absolute atomic E-state index is 2.58. The van der Waals surface area contributed by atoms with E-state index in [1.54, 1.807) is 0 Å². The van der Waals surface area contributed by atoms with E-state index in [4.69, 9.17) is 0 Å². The van der Waals surface area contributed by atoms with E-state index < -0.39 is 0 Å². The zero-order chi connectivity index (χ0) is 19.3. The van der Waals surface area contributed by atoms with Crippen molar-refractivity contribution in [3.8, 4) is 0 Å². The van der Waals surface area contributed by atoms with Gasteiger partial charge in [-0.15, -0.1) is 0 Å². The lowest BCUT2D eigenvalue weighted by molar-refractivity contribution is 0.854. The highest BCUT2D eigenvalue weighted by Gasteiger charge is 2.26. The summed E-state index contributed by atoms with van der Waals surface area (Å²) in [5.41, 5.74) is 11.2. The minimum Gasteiger partial charge on any atom is -0.352 e. The van der Waals surface area contributed by atoms with Crippen molar-refractivity contribution in [1.82, 2.24) is 4.57 Å². The van der Waals surface area contributed by atoms with Crippen molar-refractivity contribution < 1.29 is 0 Å². The molecule has 3 heteroatoms. The molecule has 1 aliphatic heterocycles. The van der Waals surface area contributed by atoms with Crippen molar-refractivity contribution in [2.45, 2.75) is 41.0 Å². The van der Waals surface area contributed by atoms with Crippen LogP contribution in [0.15, 0.2) is 30.3 Å². The molecule has 27 heavy (non-hydrogen) atoms. The smallest absolute Gasteiger partial charge is 0.0904 e. The number of hydrogen-bond donors (Lipinski definition) is 0. The van der Waals surface area contributed by atoms with Gasteiger partial charge in [-0.3, -0.25) is 0 Å². The molecule has 142 valence electrons. The summed E-state index contributed by atoms with van der Waals surface area (Å²) in [6.07, 6.45) is 1.07. The van der Waals surface area contributed by atoms with Crippen LogP contribution in [0.25, 0.3) is 10.9 Å². The summed E-state index contributed by atoms with van der Waals surface area (Å²) in [5.74, 6) is 0.